The topological polar surface area (TPSA) is 88.1 Å². The van der Waals surface area contributed by atoms with Gasteiger partial charge in [-0.3, -0.25) is 4.79 Å². The number of carbonyl (C=O) groups is 1. The monoisotopic (exact) mass is 335 g/mol. The van der Waals surface area contributed by atoms with Crippen LogP contribution in [0.15, 0.2) is 54.6 Å². The van der Waals surface area contributed by atoms with Gasteiger partial charge in [0.05, 0.1) is 17.7 Å². The number of rotatable bonds is 6. The molecule has 1 aliphatic rings. The first-order chi connectivity index (χ1) is 12.2. The molecule has 25 heavy (non-hydrogen) atoms. The van der Waals surface area contributed by atoms with Gasteiger partial charge >= 0.3 is 0 Å². The van der Waals surface area contributed by atoms with Crippen LogP contribution < -0.4 is 11.1 Å². The maximum absolute atomic E-state index is 11.9. The third-order valence-corrected chi connectivity index (χ3v) is 4.58. The number of carbonyl (C=O) groups excluding carboxylic acids is 1. The van der Waals surface area contributed by atoms with Gasteiger partial charge in [0.1, 0.15) is 6.04 Å². The number of ether oxygens (including phenoxy) is 1. The lowest BCUT2D eigenvalue weighted by Crippen LogP contribution is -2.37. The normalized spacial score (nSPS) is 20.8. The fraction of sp³-hybridized carbons (Fsp3) is 0.300. The highest BCUT2D eigenvalue weighted by molar-refractivity contribution is 5.81. The minimum Gasteiger partial charge on any atom is -0.373 e. The van der Waals surface area contributed by atoms with Gasteiger partial charge < -0.3 is 15.8 Å². The second-order valence-electron chi connectivity index (χ2n) is 6.23. The Hall–Kier alpha value is -2.68. The summed E-state index contributed by atoms with van der Waals surface area (Å²) in [6.45, 7) is 1.34. The van der Waals surface area contributed by atoms with Crippen LogP contribution in [0.25, 0.3) is 0 Å². The Balaban J connectivity index is 1.68. The van der Waals surface area contributed by atoms with Gasteiger partial charge in [0, 0.05) is 19.1 Å². The molecular formula is C20H21N3O2. The molecule has 0 aromatic heterocycles. The zero-order valence-corrected chi connectivity index (χ0v) is 13.9. The van der Waals surface area contributed by atoms with Crippen molar-refractivity contribution in [2.75, 3.05) is 13.2 Å². The standard InChI is InChI=1S/C20H21N3O2/c21-12-14-6-8-15(9-7-14)18(20(22)24)23-13-17-10-11-25-19(17)16-4-2-1-3-5-16/h1-9,17-19,23H,10-11,13H2,(H2,22,24)/t17-,18?,19-/m1/s1. The molecule has 2 aromatic rings. The van der Waals surface area contributed by atoms with Gasteiger partial charge in [0.25, 0.3) is 0 Å². The molecule has 0 aliphatic carbocycles. The van der Waals surface area contributed by atoms with Gasteiger partial charge in [0.2, 0.25) is 5.91 Å². The molecule has 1 heterocycles. The first-order valence-corrected chi connectivity index (χ1v) is 8.38. The summed E-state index contributed by atoms with van der Waals surface area (Å²) in [5.41, 5.74) is 8.05. The summed E-state index contributed by atoms with van der Waals surface area (Å²) in [5, 5.41) is 12.2. The molecule has 0 radical (unpaired) electrons. The van der Waals surface area contributed by atoms with Crippen molar-refractivity contribution in [1.29, 1.82) is 5.26 Å². The van der Waals surface area contributed by atoms with Gasteiger partial charge in [-0.2, -0.15) is 5.26 Å². The molecule has 0 spiro atoms. The molecule has 3 atom stereocenters. The fourth-order valence-electron chi connectivity index (χ4n) is 3.26. The first-order valence-electron chi connectivity index (χ1n) is 8.38. The Morgan fingerprint density at radius 1 is 1.24 bits per heavy atom. The van der Waals surface area contributed by atoms with Gasteiger partial charge in [0.15, 0.2) is 0 Å². The number of hydrogen-bond acceptors (Lipinski definition) is 4. The number of nitrogens with zero attached hydrogens (tertiary/aromatic N) is 1. The van der Waals surface area contributed by atoms with Crippen molar-refractivity contribution in [3.8, 4) is 6.07 Å². The predicted molar refractivity (Wildman–Crippen MR) is 94.3 cm³/mol. The van der Waals surface area contributed by atoms with E-state index >= 15 is 0 Å². The molecule has 2 aromatic carbocycles. The Morgan fingerprint density at radius 2 is 1.96 bits per heavy atom. The molecule has 1 amide bonds. The zero-order valence-electron chi connectivity index (χ0n) is 13.9. The van der Waals surface area contributed by atoms with Gasteiger partial charge in [-0.1, -0.05) is 42.5 Å². The molecule has 1 unspecified atom stereocenters. The Kier molecular flexibility index (Phi) is 5.44. The SMILES string of the molecule is N#Cc1ccc(C(NC[C@H]2CCO[C@@H]2c2ccccc2)C(N)=O)cc1. The zero-order chi connectivity index (χ0) is 17.6. The molecule has 0 bridgehead atoms. The summed E-state index contributed by atoms with van der Waals surface area (Å²) in [6, 6.07) is 18.5. The summed E-state index contributed by atoms with van der Waals surface area (Å²) in [4.78, 5) is 11.9. The van der Waals surface area contributed by atoms with Crippen molar-refractivity contribution in [3.63, 3.8) is 0 Å². The average Bonchev–Trinajstić information content (AvgIpc) is 3.11. The highest BCUT2D eigenvalue weighted by atomic mass is 16.5. The molecule has 3 rings (SSSR count). The van der Waals surface area contributed by atoms with Crippen LogP contribution in [0.2, 0.25) is 0 Å². The van der Waals surface area contributed by atoms with E-state index in [1.165, 1.54) is 0 Å². The van der Waals surface area contributed by atoms with Crippen molar-refractivity contribution in [2.45, 2.75) is 18.6 Å². The van der Waals surface area contributed by atoms with E-state index in [0.29, 0.717) is 18.7 Å². The molecule has 5 nitrogen and oxygen atoms in total. The quantitative estimate of drug-likeness (QED) is 0.849. The van der Waals surface area contributed by atoms with E-state index < -0.39 is 11.9 Å². The Morgan fingerprint density at radius 3 is 2.60 bits per heavy atom. The van der Waals surface area contributed by atoms with Crippen LogP contribution in [0.1, 0.15) is 35.3 Å². The predicted octanol–water partition coefficient (Wildman–Crippen LogP) is 2.45. The van der Waals surface area contributed by atoms with Crippen LogP contribution in [0.3, 0.4) is 0 Å². The van der Waals surface area contributed by atoms with E-state index in [2.05, 4.69) is 23.5 Å². The molecule has 0 saturated carbocycles. The summed E-state index contributed by atoms with van der Waals surface area (Å²) in [7, 11) is 0. The van der Waals surface area contributed by atoms with Crippen LogP contribution >= 0.6 is 0 Å². The first kappa shape index (κ1) is 17.2. The average molecular weight is 335 g/mol. The molecule has 3 N–H and O–H groups in total. The van der Waals surface area contributed by atoms with Crippen LogP contribution in [-0.4, -0.2) is 19.1 Å². The lowest BCUT2D eigenvalue weighted by Gasteiger charge is -2.22. The summed E-state index contributed by atoms with van der Waals surface area (Å²) >= 11 is 0. The maximum Gasteiger partial charge on any atom is 0.239 e. The van der Waals surface area contributed by atoms with Crippen LogP contribution in [0.4, 0.5) is 0 Å². The fourth-order valence-corrected chi connectivity index (χ4v) is 3.26. The number of hydrogen-bond donors (Lipinski definition) is 2. The van der Waals surface area contributed by atoms with Crippen molar-refractivity contribution in [3.05, 3.63) is 71.3 Å². The smallest absolute Gasteiger partial charge is 0.239 e. The van der Waals surface area contributed by atoms with E-state index in [-0.39, 0.29) is 12.0 Å². The number of nitriles is 1. The van der Waals surface area contributed by atoms with E-state index in [1.54, 1.807) is 24.3 Å². The van der Waals surface area contributed by atoms with Crippen molar-refractivity contribution >= 4 is 5.91 Å². The van der Waals surface area contributed by atoms with E-state index in [0.717, 1.165) is 17.5 Å². The minimum atomic E-state index is -0.579. The van der Waals surface area contributed by atoms with Crippen LogP contribution in [0.5, 0.6) is 0 Å². The van der Waals surface area contributed by atoms with E-state index in [4.69, 9.17) is 15.7 Å². The number of benzene rings is 2. The highest BCUT2D eigenvalue weighted by Crippen LogP contribution is 2.34. The summed E-state index contributed by atoms with van der Waals surface area (Å²) in [6.07, 6.45) is 0.967. The van der Waals surface area contributed by atoms with E-state index in [9.17, 15) is 4.79 Å². The Bertz CT molecular complexity index is 753. The van der Waals surface area contributed by atoms with E-state index in [1.807, 2.05) is 18.2 Å². The second-order valence-corrected chi connectivity index (χ2v) is 6.23. The van der Waals surface area contributed by atoms with Crippen LogP contribution in [-0.2, 0) is 9.53 Å². The minimum absolute atomic E-state index is 0.0307. The van der Waals surface area contributed by atoms with Crippen molar-refractivity contribution in [2.24, 2.45) is 11.7 Å². The van der Waals surface area contributed by atoms with Crippen molar-refractivity contribution in [1.82, 2.24) is 5.32 Å². The largest absolute Gasteiger partial charge is 0.373 e. The molecule has 1 fully saturated rings. The number of primary amides is 1. The third kappa shape index (κ3) is 4.05. The lowest BCUT2D eigenvalue weighted by molar-refractivity contribution is -0.120. The van der Waals surface area contributed by atoms with Crippen molar-refractivity contribution < 1.29 is 9.53 Å². The highest BCUT2D eigenvalue weighted by Gasteiger charge is 2.30. The molecule has 1 aliphatic heterocycles. The molecule has 128 valence electrons. The summed E-state index contributed by atoms with van der Waals surface area (Å²) < 4.78 is 5.89. The third-order valence-electron chi connectivity index (χ3n) is 4.58. The second kappa shape index (κ2) is 7.93. The lowest BCUT2D eigenvalue weighted by atomic mass is 9.94. The number of nitrogens with one attached hydrogen (secondary N) is 1. The number of nitrogens with two attached hydrogens (primary N) is 1. The van der Waals surface area contributed by atoms with Gasteiger partial charge in [-0.25, -0.2) is 0 Å². The van der Waals surface area contributed by atoms with Gasteiger partial charge in [-0.05, 0) is 29.7 Å². The number of amides is 1. The summed E-state index contributed by atoms with van der Waals surface area (Å²) in [5.74, 6) is -0.150. The molecule has 5 heteroatoms. The maximum atomic E-state index is 11.9. The Labute approximate surface area is 147 Å². The molecular weight excluding hydrogens is 314 g/mol. The van der Waals surface area contributed by atoms with Gasteiger partial charge in [-0.15, -0.1) is 0 Å². The molecule has 1 saturated heterocycles. The van der Waals surface area contributed by atoms with Crippen LogP contribution in [0, 0.1) is 17.2 Å².